The Kier molecular flexibility index (Phi) is 1.97. The van der Waals surface area contributed by atoms with Gasteiger partial charge in [0.2, 0.25) is 0 Å². The number of likely N-dealkylation sites (N-methyl/N-ethyl adjacent to an activating group) is 1. The number of quaternary nitrogens is 1. The Labute approximate surface area is 104 Å². The Morgan fingerprint density at radius 2 is 1.94 bits per heavy atom. The molecule has 9 heteroatoms. The first-order chi connectivity index (χ1) is 7.95. The summed E-state index contributed by atoms with van der Waals surface area (Å²) in [6, 6.07) is 1.55. The summed E-state index contributed by atoms with van der Waals surface area (Å²) in [6.45, 7) is -2.11. The molecule has 2 saturated heterocycles. The van der Waals surface area contributed by atoms with E-state index >= 15 is 0 Å². The van der Waals surface area contributed by atoms with Crippen LogP contribution in [0.2, 0.25) is 0 Å². The molecule has 17 heavy (non-hydrogen) atoms. The van der Waals surface area contributed by atoms with Gasteiger partial charge >= 0.3 is 18.6 Å². The number of nitrogens with zero attached hydrogens (tertiary/aromatic N) is 2. The highest BCUT2D eigenvalue weighted by Crippen LogP contribution is 2.33. The van der Waals surface area contributed by atoms with Crippen LogP contribution in [0.4, 0.5) is 0 Å². The SMILES string of the molecule is C[N+]12CC(=O)O[B-]1(c1cc(Br)no1)OC(=O)C2. The largest absolute Gasteiger partial charge is 0.651 e. The number of rotatable bonds is 1. The van der Waals surface area contributed by atoms with Crippen LogP contribution in [-0.4, -0.2) is 48.3 Å². The lowest BCUT2D eigenvalue weighted by molar-refractivity contribution is -0.791. The fourth-order valence-electron chi connectivity index (χ4n) is 2.46. The van der Waals surface area contributed by atoms with Crippen LogP contribution in [0.3, 0.4) is 0 Å². The van der Waals surface area contributed by atoms with Crippen molar-refractivity contribution in [3.8, 4) is 0 Å². The molecule has 0 bridgehead atoms. The van der Waals surface area contributed by atoms with Crippen LogP contribution in [0, 0.1) is 0 Å². The summed E-state index contributed by atoms with van der Waals surface area (Å²) >= 11 is 3.14. The average Bonchev–Trinajstić information content (AvgIpc) is 2.75. The van der Waals surface area contributed by atoms with Gasteiger partial charge in [-0.2, -0.15) is 0 Å². The molecule has 1 aromatic rings. The normalized spacial score (nSPS) is 35.6. The Morgan fingerprint density at radius 3 is 2.41 bits per heavy atom. The van der Waals surface area contributed by atoms with Gasteiger partial charge in [0, 0.05) is 7.05 Å². The van der Waals surface area contributed by atoms with E-state index in [1.165, 1.54) is 0 Å². The molecule has 2 aliphatic rings. The highest BCUT2D eigenvalue weighted by molar-refractivity contribution is 9.10. The van der Waals surface area contributed by atoms with Crippen molar-refractivity contribution in [2.24, 2.45) is 0 Å². The molecule has 90 valence electrons. The first kappa shape index (κ1) is 10.8. The van der Waals surface area contributed by atoms with E-state index < -0.39 is 18.6 Å². The third-order valence-corrected chi connectivity index (χ3v) is 3.62. The lowest BCUT2D eigenvalue weighted by Gasteiger charge is -2.37. The van der Waals surface area contributed by atoms with E-state index in [-0.39, 0.29) is 23.1 Å². The molecule has 0 N–H and O–H groups in total. The van der Waals surface area contributed by atoms with Gasteiger partial charge in [0.15, 0.2) is 0 Å². The van der Waals surface area contributed by atoms with Gasteiger partial charge in [0.05, 0.1) is 0 Å². The van der Waals surface area contributed by atoms with Crippen molar-refractivity contribution in [3.63, 3.8) is 0 Å². The summed E-state index contributed by atoms with van der Waals surface area (Å²) in [5.74, 6) is -0.819. The fraction of sp³-hybridized carbons (Fsp3) is 0.375. The standard InChI is InChI=1S/C8H8BBrN2O5/c1-12-3-7(13)15-9(12,16-8(14)4-12)5-2-6(10)11-17-5/h2H,3-4H2,1H3. The summed E-state index contributed by atoms with van der Waals surface area (Å²) in [4.78, 5) is 22.9. The summed E-state index contributed by atoms with van der Waals surface area (Å²) in [6.07, 6.45) is 0. The molecule has 0 aliphatic carbocycles. The second-order valence-electron chi connectivity index (χ2n) is 4.50. The average molecular weight is 303 g/mol. The predicted molar refractivity (Wildman–Crippen MR) is 57.7 cm³/mol. The van der Waals surface area contributed by atoms with Gasteiger partial charge in [-0.15, -0.1) is 0 Å². The van der Waals surface area contributed by atoms with Crippen LogP contribution in [0.25, 0.3) is 0 Å². The molecule has 0 spiro atoms. The molecule has 0 unspecified atom stereocenters. The molecule has 3 heterocycles. The van der Waals surface area contributed by atoms with Gasteiger partial charge in [-0.25, -0.2) is 0 Å². The highest BCUT2D eigenvalue weighted by Gasteiger charge is 2.68. The minimum atomic E-state index is -2.29. The lowest BCUT2D eigenvalue weighted by Crippen LogP contribution is -2.67. The number of aromatic nitrogens is 1. The highest BCUT2D eigenvalue weighted by atomic mass is 79.9. The Morgan fingerprint density at radius 1 is 1.35 bits per heavy atom. The summed E-state index contributed by atoms with van der Waals surface area (Å²) in [5.41, 5.74) is 0.260. The zero-order valence-electron chi connectivity index (χ0n) is 8.88. The van der Waals surface area contributed by atoms with Crippen LogP contribution in [0.1, 0.15) is 0 Å². The Hall–Kier alpha value is -1.35. The second-order valence-corrected chi connectivity index (χ2v) is 5.31. The first-order valence-electron chi connectivity index (χ1n) is 5.00. The fourth-order valence-corrected chi connectivity index (χ4v) is 2.76. The van der Waals surface area contributed by atoms with Crippen molar-refractivity contribution in [1.82, 2.24) is 5.16 Å². The van der Waals surface area contributed by atoms with Gasteiger partial charge in [-0.3, -0.25) is 9.59 Å². The van der Waals surface area contributed by atoms with Gasteiger partial charge in [0.1, 0.15) is 23.4 Å². The van der Waals surface area contributed by atoms with Crippen LogP contribution >= 0.6 is 15.9 Å². The van der Waals surface area contributed by atoms with Gasteiger partial charge in [0.25, 0.3) is 0 Å². The van der Waals surface area contributed by atoms with Gasteiger partial charge in [-0.05, 0) is 22.0 Å². The second kappa shape index (κ2) is 3.11. The third kappa shape index (κ3) is 1.29. The number of hydrogen-bond donors (Lipinski definition) is 0. The van der Waals surface area contributed by atoms with Gasteiger partial charge in [-0.1, -0.05) is 5.16 Å². The molecular formula is C8H8BBrN2O5. The smallest absolute Gasteiger partial charge is 0.594 e. The minimum absolute atomic E-state index is 0.0549. The molecule has 0 atom stereocenters. The number of hydrogen-bond acceptors (Lipinski definition) is 6. The molecule has 1 aromatic heterocycles. The lowest BCUT2D eigenvalue weighted by atomic mass is 9.65. The quantitative estimate of drug-likeness (QED) is 0.628. The third-order valence-electron chi connectivity index (χ3n) is 3.24. The van der Waals surface area contributed by atoms with Crippen molar-refractivity contribution in [3.05, 3.63) is 10.7 Å². The van der Waals surface area contributed by atoms with Crippen molar-refractivity contribution in [1.29, 1.82) is 0 Å². The van der Waals surface area contributed by atoms with E-state index in [9.17, 15) is 9.59 Å². The number of halogens is 1. The van der Waals surface area contributed by atoms with E-state index in [4.69, 9.17) is 13.8 Å². The van der Waals surface area contributed by atoms with Crippen molar-refractivity contribution in [2.75, 3.05) is 20.1 Å². The minimum Gasteiger partial charge on any atom is -0.594 e. The zero-order chi connectivity index (χ0) is 12.3. The first-order valence-corrected chi connectivity index (χ1v) is 5.79. The molecule has 2 aliphatic heterocycles. The van der Waals surface area contributed by atoms with Crippen molar-refractivity contribution < 1.29 is 27.8 Å². The maximum absolute atomic E-state index is 11.5. The van der Waals surface area contributed by atoms with Crippen LogP contribution in [-0.2, 0) is 18.9 Å². The number of carbonyl (C=O) groups excluding carboxylic acids is 2. The monoisotopic (exact) mass is 302 g/mol. The van der Waals surface area contributed by atoms with Crippen LogP contribution < -0.4 is 5.66 Å². The van der Waals surface area contributed by atoms with Crippen molar-refractivity contribution in [2.45, 2.75) is 0 Å². The summed E-state index contributed by atoms with van der Waals surface area (Å²) in [5, 5.41) is 3.66. The number of fused-ring (bicyclic) bond motifs is 1. The molecule has 7 nitrogen and oxygen atoms in total. The Balaban J connectivity index is 2.15. The summed E-state index contributed by atoms with van der Waals surface area (Å²) in [7, 11) is 1.73. The molecular weight excluding hydrogens is 295 g/mol. The molecule has 3 rings (SSSR count). The topological polar surface area (TPSA) is 78.6 Å². The predicted octanol–water partition coefficient (Wildman–Crippen LogP) is -0.857. The van der Waals surface area contributed by atoms with E-state index in [1.54, 1.807) is 13.1 Å². The van der Waals surface area contributed by atoms with Crippen LogP contribution in [0.5, 0.6) is 0 Å². The van der Waals surface area contributed by atoms with Crippen LogP contribution in [0.15, 0.2) is 15.2 Å². The maximum atomic E-state index is 11.5. The molecule has 0 amide bonds. The van der Waals surface area contributed by atoms with E-state index in [2.05, 4.69) is 21.1 Å². The van der Waals surface area contributed by atoms with E-state index in [0.717, 1.165) is 0 Å². The molecule has 0 radical (unpaired) electrons. The molecule has 0 saturated carbocycles. The molecule has 0 aromatic carbocycles. The zero-order valence-corrected chi connectivity index (χ0v) is 10.5. The maximum Gasteiger partial charge on any atom is 0.651 e. The number of carbonyl (C=O) groups is 2. The molecule has 2 fully saturated rings. The van der Waals surface area contributed by atoms with E-state index in [0.29, 0.717) is 4.60 Å². The Bertz CT molecular complexity index is 510. The van der Waals surface area contributed by atoms with Crippen molar-refractivity contribution >= 4 is 40.2 Å². The summed E-state index contributed by atoms with van der Waals surface area (Å²) < 4.78 is 16.1. The van der Waals surface area contributed by atoms with E-state index in [1.807, 2.05) is 0 Å². The van der Waals surface area contributed by atoms with Gasteiger partial charge < -0.3 is 18.2 Å².